The molecule has 0 bridgehead atoms. The molecule has 0 amide bonds. The van der Waals surface area contributed by atoms with Gasteiger partial charge in [0.2, 0.25) is 0 Å². The van der Waals surface area contributed by atoms with Gasteiger partial charge in [0.05, 0.1) is 11.2 Å². The van der Waals surface area contributed by atoms with E-state index in [1.54, 1.807) is 19.1 Å². The van der Waals surface area contributed by atoms with Gasteiger partial charge in [0.25, 0.3) is 0 Å². The number of aromatic nitrogens is 2. The molecule has 8 nitrogen and oxygen atoms in total. The lowest BCUT2D eigenvalue weighted by molar-refractivity contribution is 0.214. The Hall–Kier alpha value is -3.31. The maximum Gasteiger partial charge on any atom is 0.181 e. The third-order valence-corrected chi connectivity index (χ3v) is 6.29. The number of aryl methyl sites for hydroxylation is 2. The normalized spacial score (nSPS) is 15.7. The number of rotatable bonds is 7. The summed E-state index contributed by atoms with van der Waals surface area (Å²) in [6.45, 7) is 10.4. The summed E-state index contributed by atoms with van der Waals surface area (Å²) < 4.78 is 39.1. The number of benzene rings is 1. The molecule has 0 atom stereocenters. The fourth-order valence-corrected chi connectivity index (χ4v) is 4.34. The van der Waals surface area contributed by atoms with Crippen molar-refractivity contribution in [1.29, 1.82) is 0 Å². The maximum atomic E-state index is 14.9. The molecule has 180 valence electrons. The first-order valence-electron chi connectivity index (χ1n) is 10.8. The topological polar surface area (TPSA) is 81.1 Å². The number of hydrogen-bond acceptors (Lipinski definition) is 7. The number of piperazine rings is 1. The van der Waals surface area contributed by atoms with E-state index in [0.29, 0.717) is 17.4 Å². The number of nitrogens with one attached hydrogen (secondary N) is 2. The molecule has 3 heterocycles. The van der Waals surface area contributed by atoms with Gasteiger partial charge in [0.15, 0.2) is 24.1 Å². The predicted octanol–water partition coefficient (Wildman–Crippen LogP) is 4.16. The minimum atomic E-state index is -0.622. The summed E-state index contributed by atoms with van der Waals surface area (Å²) in [5, 5.41) is 4.17. The highest BCUT2D eigenvalue weighted by atomic mass is 32.1. The number of halogens is 2. The highest BCUT2D eigenvalue weighted by Gasteiger charge is 2.18. The minimum Gasteiger partial charge on any atom is -0.468 e. The molecular formula is C23H27F2N7OS. The fraction of sp³-hybridized carbons (Fsp3) is 0.348. The van der Waals surface area contributed by atoms with Crippen molar-refractivity contribution < 1.29 is 13.5 Å². The lowest BCUT2D eigenvalue weighted by Gasteiger charge is -2.33. The van der Waals surface area contributed by atoms with Crippen LogP contribution in [0.2, 0.25) is 0 Å². The molecule has 2 aromatic heterocycles. The summed E-state index contributed by atoms with van der Waals surface area (Å²) >= 11 is 1.32. The van der Waals surface area contributed by atoms with Gasteiger partial charge in [0, 0.05) is 49.4 Å². The summed E-state index contributed by atoms with van der Waals surface area (Å²) in [6.07, 6.45) is 1.77. The Balaban J connectivity index is 1.57. The highest BCUT2D eigenvalue weighted by molar-refractivity contribution is 7.10. The van der Waals surface area contributed by atoms with Crippen LogP contribution in [-0.2, 0) is 0 Å². The van der Waals surface area contributed by atoms with Crippen molar-refractivity contribution in [2.24, 2.45) is 9.98 Å². The van der Waals surface area contributed by atoms with E-state index < -0.39 is 11.6 Å². The molecule has 4 rings (SSSR count). The number of H-pyrrole nitrogens is 1. The average molecular weight is 488 g/mol. The largest absolute Gasteiger partial charge is 0.468 e. The monoisotopic (exact) mass is 487 g/mol. The summed E-state index contributed by atoms with van der Waals surface area (Å²) in [5.41, 5.74) is 1.69. The van der Waals surface area contributed by atoms with Crippen LogP contribution >= 0.6 is 11.5 Å². The number of ether oxygens (including phenoxy) is 1. The van der Waals surface area contributed by atoms with Gasteiger partial charge >= 0.3 is 0 Å². The van der Waals surface area contributed by atoms with Crippen LogP contribution in [-0.4, -0.2) is 71.7 Å². The van der Waals surface area contributed by atoms with Crippen LogP contribution in [0.25, 0.3) is 10.9 Å². The van der Waals surface area contributed by atoms with E-state index in [4.69, 9.17) is 4.74 Å². The lowest BCUT2D eigenvalue weighted by atomic mass is 10.2. The van der Waals surface area contributed by atoms with E-state index in [-0.39, 0.29) is 23.4 Å². The van der Waals surface area contributed by atoms with Crippen molar-refractivity contribution in [1.82, 2.24) is 19.2 Å². The molecule has 1 saturated heterocycles. The Labute approximate surface area is 200 Å². The summed E-state index contributed by atoms with van der Waals surface area (Å²) in [5.74, 6) is -0.269. The molecule has 0 aliphatic carbocycles. The number of fused-ring (bicyclic) bond motifs is 1. The van der Waals surface area contributed by atoms with E-state index in [1.807, 2.05) is 13.0 Å². The molecule has 2 N–H and O–H groups in total. The summed E-state index contributed by atoms with van der Waals surface area (Å²) in [7, 11) is 2.06. The first-order valence-corrected chi connectivity index (χ1v) is 11.6. The van der Waals surface area contributed by atoms with Crippen molar-refractivity contribution in [2.75, 3.05) is 45.3 Å². The number of hydrogen-bond donors (Lipinski definition) is 2. The molecule has 1 fully saturated rings. The van der Waals surface area contributed by atoms with E-state index in [9.17, 15) is 8.78 Å². The summed E-state index contributed by atoms with van der Waals surface area (Å²) in [6, 6.07) is 4.51. The Kier molecular flexibility index (Phi) is 7.23. The van der Waals surface area contributed by atoms with Gasteiger partial charge in [-0.1, -0.05) is 0 Å². The van der Waals surface area contributed by atoms with Gasteiger partial charge in [-0.05, 0) is 51.3 Å². The lowest BCUT2D eigenvalue weighted by Crippen LogP contribution is -2.47. The van der Waals surface area contributed by atoms with Crippen LogP contribution in [0.15, 0.2) is 40.1 Å². The smallest absolute Gasteiger partial charge is 0.181 e. The number of anilines is 1. The number of aromatic amines is 1. The van der Waals surface area contributed by atoms with Gasteiger partial charge in [-0.3, -0.25) is 0 Å². The highest BCUT2D eigenvalue weighted by Crippen LogP contribution is 2.29. The quantitative estimate of drug-likeness (QED) is 0.387. The molecule has 0 unspecified atom stereocenters. The van der Waals surface area contributed by atoms with Crippen LogP contribution in [0.5, 0.6) is 5.75 Å². The second kappa shape index (κ2) is 10.3. The van der Waals surface area contributed by atoms with Crippen LogP contribution in [0.4, 0.5) is 13.8 Å². The van der Waals surface area contributed by atoms with E-state index in [2.05, 4.69) is 48.2 Å². The van der Waals surface area contributed by atoms with E-state index in [0.717, 1.165) is 42.9 Å². The average Bonchev–Trinajstić information content (AvgIpc) is 3.41. The molecule has 0 saturated carbocycles. The van der Waals surface area contributed by atoms with Crippen molar-refractivity contribution in [3.63, 3.8) is 0 Å². The van der Waals surface area contributed by atoms with Crippen molar-refractivity contribution in [3.05, 3.63) is 53.1 Å². The second-order valence-electron chi connectivity index (χ2n) is 8.14. The Morgan fingerprint density at radius 3 is 2.71 bits per heavy atom. The Bertz CT molecular complexity index is 1240. The van der Waals surface area contributed by atoms with Crippen molar-refractivity contribution in [2.45, 2.75) is 13.8 Å². The van der Waals surface area contributed by atoms with Crippen LogP contribution in [0, 0.1) is 25.5 Å². The maximum absolute atomic E-state index is 14.9. The van der Waals surface area contributed by atoms with Crippen LogP contribution in [0.3, 0.4) is 0 Å². The van der Waals surface area contributed by atoms with Gasteiger partial charge < -0.3 is 24.8 Å². The standard InChI is InChI=1S/C23H27F2N7OS/c1-14-9-16-22(25)18(11-17(24)23(16)28-14)33-13-27-20(32-7-5-31(4)6-8-32)12-19(26-3)29-21-10-15(2)30-34-21/h9-12,28-29H,3,5-8,13H2,1-2,4H3/b19-12+,27-20+. The molecule has 11 heteroatoms. The Morgan fingerprint density at radius 2 is 2.03 bits per heavy atom. The third-order valence-electron chi connectivity index (χ3n) is 5.49. The predicted molar refractivity (Wildman–Crippen MR) is 133 cm³/mol. The SMILES string of the molecule is C=N/C(=C\C(=N/COc1cc(F)c2[nH]c(C)cc2c1F)N1CCN(C)CC1)Nc1cc(C)ns1. The molecule has 1 aromatic carbocycles. The molecule has 1 aliphatic heterocycles. The molecule has 1 aliphatic rings. The number of likely N-dealkylation sites (N-methyl/N-ethyl adjacent to an activating group) is 1. The van der Waals surface area contributed by atoms with Crippen molar-refractivity contribution >= 4 is 40.0 Å². The van der Waals surface area contributed by atoms with Crippen molar-refractivity contribution in [3.8, 4) is 5.75 Å². The second-order valence-corrected chi connectivity index (χ2v) is 8.94. The first-order chi connectivity index (χ1) is 16.3. The zero-order valence-corrected chi connectivity index (χ0v) is 20.2. The molecule has 34 heavy (non-hydrogen) atoms. The number of amidine groups is 1. The molecule has 0 radical (unpaired) electrons. The number of aliphatic imine (C=N–C) groups is 2. The Morgan fingerprint density at radius 1 is 1.26 bits per heavy atom. The third kappa shape index (κ3) is 5.42. The van der Waals surface area contributed by atoms with Crippen LogP contribution < -0.4 is 10.1 Å². The van der Waals surface area contributed by atoms with Gasteiger partial charge in [-0.15, -0.1) is 0 Å². The van der Waals surface area contributed by atoms with Gasteiger partial charge in [0.1, 0.15) is 16.7 Å². The fourth-order valence-electron chi connectivity index (χ4n) is 3.67. The zero-order chi connectivity index (χ0) is 24.2. The minimum absolute atomic E-state index is 0.123. The van der Waals surface area contributed by atoms with Gasteiger partial charge in [-0.2, -0.15) is 4.37 Å². The number of nitrogens with zero attached hydrogens (tertiary/aromatic N) is 5. The summed E-state index contributed by atoms with van der Waals surface area (Å²) in [4.78, 5) is 15.8. The van der Waals surface area contributed by atoms with Gasteiger partial charge in [-0.25, -0.2) is 18.8 Å². The van der Waals surface area contributed by atoms with E-state index >= 15 is 0 Å². The molecule has 0 spiro atoms. The zero-order valence-electron chi connectivity index (χ0n) is 19.4. The van der Waals surface area contributed by atoms with Crippen LogP contribution in [0.1, 0.15) is 11.4 Å². The molecule has 3 aromatic rings. The van der Waals surface area contributed by atoms with E-state index in [1.165, 1.54) is 11.5 Å². The first kappa shape index (κ1) is 23.8. The molecular weight excluding hydrogens is 460 g/mol.